The van der Waals surface area contributed by atoms with Crippen molar-refractivity contribution in [1.82, 2.24) is 10.6 Å². The SMILES string of the molecule is CC(=O)NCC(=O)NC[C@](C)(O)c1ccccc1Cl. The molecule has 1 aromatic rings. The smallest absolute Gasteiger partial charge is 0.239 e. The van der Waals surface area contributed by atoms with Gasteiger partial charge in [0.1, 0.15) is 5.60 Å². The van der Waals surface area contributed by atoms with Gasteiger partial charge in [0.05, 0.1) is 13.1 Å². The first kappa shape index (κ1) is 15.5. The van der Waals surface area contributed by atoms with E-state index in [1.807, 2.05) is 0 Å². The zero-order valence-corrected chi connectivity index (χ0v) is 11.6. The molecular formula is C13H17ClN2O3. The van der Waals surface area contributed by atoms with Crippen molar-refractivity contribution in [2.45, 2.75) is 19.4 Å². The Morgan fingerprint density at radius 2 is 1.95 bits per heavy atom. The fourth-order valence-electron chi connectivity index (χ4n) is 1.53. The third-order valence-corrected chi connectivity index (χ3v) is 2.91. The third kappa shape index (κ3) is 4.89. The molecule has 0 fully saturated rings. The Hall–Kier alpha value is -1.59. The number of nitrogens with one attached hydrogen (secondary N) is 2. The molecule has 2 amide bonds. The monoisotopic (exact) mass is 284 g/mol. The minimum Gasteiger partial charge on any atom is -0.384 e. The number of aliphatic hydroxyl groups is 1. The Morgan fingerprint density at radius 3 is 2.53 bits per heavy atom. The fraction of sp³-hybridized carbons (Fsp3) is 0.385. The van der Waals surface area contributed by atoms with E-state index in [1.165, 1.54) is 6.92 Å². The summed E-state index contributed by atoms with van der Waals surface area (Å²) in [6, 6.07) is 6.89. The highest BCUT2D eigenvalue weighted by Crippen LogP contribution is 2.26. The zero-order valence-electron chi connectivity index (χ0n) is 10.9. The number of benzene rings is 1. The molecule has 0 saturated carbocycles. The van der Waals surface area contributed by atoms with E-state index in [9.17, 15) is 14.7 Å². The van der Waals surface area contributed by atoms with Crippen molar-refractivity contribution in [3.05, 3.63) is 34.9 Å². The second kappa shape index (κ2) is 6.54. The van der Waals surface area contributed by atoms with Crippen LogP contribution in [0.1, 0.15) is 19.4 Å². The normalized spacial score (nSPS) is 13.5. The number of amides is 2. The second-order valence-electron chi connectivity index (χ2n) is 4.44. The maximum atomic E-state index is 11.4. The zero-order chi connectivity index (χ0) is 14.5. The van der Waals surface area contributed by atoms with Crippen molar-refractivity contribution in [2.24, 2.45) is 0 Å². The van der Waals surface area contributed by atoms with Crippen molar-refractivity contribution in [2.75, 3.05) is 13.1 Å². The van der Waals surface area contributed by atoms with Crippen molar-refractivity contribution in [3.8, 4) is 0 Å². The van der Waals surface area contributed by atoms with Crippen molar-refractivity contribution >= 4 is 23.4 Å². The Bertz CT molecular complexity index is 475. The van der Waals surface area contributed by atoms with Crippen LogP contribution in [0.3, 0.4) is 0 Å². The summed E-state index contributed by atoms with van der Waals surface area (Å²) >= 11 is 6.00. The molecule has 3 N–H and O–H groups in total. The van der Waals surface area contributed by atoms with Crippen LogP contribution in [-0.2, 0) is 15.2 Å². The van der Waals surface area contributed by atoms with Gasteiger partial charge in [-0.3, -0.25) is 9.59 Å². The summed E-state index contributed by atoms with van der Waals surface area (Å²) < 4.78 is 0. The van der Waals surface area contributed by atoms with Gasteiger partial charge in [-0.2, -0.15) is 0 Å². The van der Waals surface area contributed by atoms with Gasteiger partial charge < -0.3 is 15.7 Å². The van der Waals surface area contributed by atoms with E-state index in [0.717, 1.165) is 0 Å². The van der Waals surface area contributed by atoms with Gasteiger partial charge in [-0.15, -0.1) is 0 Å². The van der Waals surface area contributed by atoms with E-state index in [-0.39, 0.29) is 24.9 Å². The molecule has 1 aromatic carbocycles. The van der Waals surface area contributed by atoms with E-state index in [2.05, 4.69) is 10.6 Å². The van der Waals surface area contributed by atoms with Crippen LogP contribution in [0.15, 0.2) is 24.3 Å². The van der Waals surface area contributed by atoms with Gasteiger partial charge in [0, 0.05) is 17.5 Å². The largest absolute Gasteiger partial charge is 0.384 e. The lowest BCUT2D eigenvalue weighted by atomic mass is 9.96. The molecule has 0 heterocycles. The van der Waals surface area contributed by atoms with Crippen LogP contribution in [0.2, 0.25) is 5.02 Å². The first-order valence-electron chi connectivity index (χ1n) is 5.81. The summed E-state index contributed by atoms with van der Waals surface area (Å²) in [6.45, 7) is 2.78. The summed E-state index contributed by atoms with van der Waals surface area (Å²) in [5.41, 5.74) is -0.735. The molecule has 6 heteroatoms. The first-order chi connectivity index (χ1) is 8.83. The van der Waals surface area contributed by atoms with Crippen LogP contribution in [0, 0.1) is 0 Å². The van der Waals surface area contributed by atoms with Gasteiger partial charge >= 0.3 is 0 Å². The van der Waals surface area contributed by atoms with Crippen LogP contribution in [0.4, 0.5) is 0 Å². The minimum absolute atomic E-state index is 0.00908. The van der Waals surface area contributed by atoms with Gasteiger partial charge in [-0.1, -0.05) is 29.8 Å². The molecule has 0 radical (unpaired) electrons. The van der Waals surface area contributed by atoms with E-state index in [0.29, 0.717) is 10.6 Å². The molecule has 5 nitrogen and oxygen atoms in total. The highest BCUT2D eigenvalue weighted by atomic mass is 35.5. The minimum atomic E-state index is -1.27. The van der Waals surface area contributed by atoms with Crippen LogP contribution in [0.25, 0.3) is 0 Å². The van der Waals surface area contributed by atoms with Gasteiger partial charge in [0.2, 0.25) is 11.8 Å². The summed E-state index contributed by atoms with van der Waals surface area (Å²) in [5.74, 6) is -0.657. The lowest BCUT2D eigenvalue weighted by Crippen LogP contribution is -2.43. The molecule has 0 spiro atoms. The highest BCUT2D eigenvalue weighted by molar-refractivity contribution is 6.31. The van der Waals surface area contributed by atoms with Crippen LogP contribution >= 0.6 is 11.6 Å². The molecule has 0 unspecified atom stereocenters. The van der Waals surface area contributed by atoms with Gasteiger partial charge in [0.25, 0.3) is 0 Å². The third-order valence-electron chi connectivity index (χ3n) is 2.58. The first-order valence-corrected chi connectivity index (χ1v) is 6.19. The van der Waals surface area contributed by atoms with Gasteiger partial charge in [-0.05, 0) is 13.0 Å². The predicted molar refractivity (Wildman–Crippen MR) is 72.7 cm³/mol. The molecule has 0 aliphatic carbocycles. The molecule has 0 bridgehead atoms. The average molecular weight is 285 g/mol. The van der Waals surface area contributed by atoms with E-state index in [1.54, 1.807) is 31.2 Å². The average Bonchev–Trinajstić information content (AvgIpc) is 2.34. The Kier molecular flexibility index (Phi) is 5.32. The van der Waals surface area contributed by atoms with Crippen molar-refractivity contribution < 1.29 is 14.7 Å². The molecular weight excluding hydrogens is 268 g/mol. The summed E-state index contributed by atoms with van der Waals surface area (Å²) in [5, 5.41) is 15.7. The standard InChI is InChI=1S/C13H17ClN2O3/c1-9(17)15-7-12(18)16-8-13(2,19)10-5-3-4-6-11(10)14/h3-6,19H,7-8H2,1-2H3,(H,15,17)(H,16,18)/t13-/m0/s1. The van der Waals surface area contributed by atoms with Gasteiger partial charge in [-0.25, -0.2) is 0 Å². The predicted octanol–water partition coefficient (Wildman–Crippen LogP) is 0.800. The molecule has 0 aromatic heterocycles. The molecule has 0 aliphatic rings. The maximum absolute atomic E-state index is 11.4. The quantitative estimate of drug-likeness (QED) is 0.748. The summed E-state index contributed by atoms with van der Waals surface area (Å²) in [6.07, 6.45) is 0. The Morgan fingerprint density at radius 1 is 1.32 bits per heavy atom. The fourth-order valence-corrected chi connectivity index (χ4v) is 1.87. The van der Waals surface area contributed by atoms with Crippen LogP contribution < -0.4 is 10.6 Å². The highest BCUT2D eigenvalue weighted by Gasteiger charge is 2.25. The number of carbonyl (C=O) groups excluding carboxylic acids is 2. The van der Waals surface area contributed by atoms with E-state index in [4.69, 9.17) is 11.6 Å². The number of carbonyl (C=O) groups is 2. The Balaban J connectivity index is 2.58. The molecule has 1 rings (SSSR count). The maximum Gasteiger partial charge on any atom is 0.239 e. The van der Waals surface area contributed by atoms with Crippen LogP contribution in [-0.4, -0.2) is 30.0 Å². The summed E-state index contributed by atoms with van der Waals surface area (Å²) in [7, 11) is 0. The van der Waals surface area contributed by atoms with Crippen molar-refractivity contribution in [3.63, 3.8) is 0 Å². The van der Waals surface area contributed by atoms with E-state index < -0.39 is 5.60 Å². The van der Waals surface area contributed by atoms with Crippen LogP contribution in [0.5, 0.6) is 0 Å². The molecule has 19 heavy (non-hydrogen) atoms. The van der Waals surface area contributed by atoms with E-state index >= 15 is 0 Å². The van der Waals surface area contributed by atoms with Crippen molar-refractivity contribution in [1.29, 1.82) is 0 Å². The lowest BCUT2D eigenvalue weighted by Gasteiger charge is -2.25. The number of rotatable bonds is 5. The molecule has 104 valence electrons. The summed E-state index contributed by atoms with van der Waals surface area (Å²) in [4.78, 5) is 22.1. The molecule has 0 saturated heterocycles. The number of hydrogen-bond donors (Lipinski definition) is 3. The number of hydrogen-bond acceptors (Lipinski definition) is 3. The lowest BCUT2D eigenvalue weighted by molar-refractivity contribution is -0.125. The van der Waals surface area contributed by atoms with Gasteiger partial charge in [0.15, 0.2) is 0 Å². The molecule has 0 aliphatic heterocycles. The number of halogens is 1. The molecule has 1 atom stereocenters. The topological polar surface area (TPSA) is 78.4 Å². The Labute approximate surface area is 117 Å². The second-order valence-corrected chi connectivity index (χ2v) is 4.85.